The summed E-state index contributed by atoms with van der Waals surface area (Å²) < 4.78 is 6.46. The van der Waals surface area contributed by atoms with Crippen molar-refractivity contribution in [1.29, 1.82) is 0 Å². The Bertz CT molecular complexity index is 3750. The van der Waals surface area contributed by atoms with Crippen molar-refractivity contribution in [2.45, 2.75) is 5.41 Å². The van der Waals surface area contributed by atoms with Crippen molar-refractivity contribution in [1.82, 2.24) is 0 Å². The first-order valence-electron chi connectivity index (χ1n) is 23.1. The lowest BCUT2D eigenvalue weighted by Crippen LogP contribution is -2.28. The molecule has 12 aromatic rings. The average molecular weight is 854 g/mol. The summed E-state index contributed by atoms with van der Waals surface area (Å²) in [6.45, 7) is 0. The minimum Gasteiger partial charge on any atom is -0.456 e. The maximum atomic E-state index is 6.46. The predicted molar refractivity (Wildman–Crippen MR) is 280 cm³/mol. The van der Waals surface area contributed by atoms with E-state index in [-0.39, 0.29) is 0 Å². The fraction of sp³-hybridized carbons (Fsp3) is 0.0154. The van der Waals surface area contributed by atoms with Gasteiger partial charge in [-0.3, -0.25) is 0 Å². The van der Waals surface area contributed by atoms with E-state index in [0.717, 1.165) is 50.1 Å². The maximum Gasteiger partial charge on any atom is 0.137 e. The number of hydrogen-bond donors (Lipinski definition) is 0. The van der Waals surface area contributed by atoms with Crippen molar-refractivity contribution in [3.8, 4) is 44.5 Å². The standard InChI is InChI=1S/C65H43NO/c1-3-19-50(20-4-1)65(51-21-5-2-6-22-51)61-27-11-9-24-57(61)58-39-33-48(42-62(58)65)45-31-36-53(37-32-45)66(54-38-40-60-59-25-10-12-28-63(59)67-64(60)43-54)52-34-29-44(30-35-52)47-17-13-18-49(41-47)56-26-14-16-46-15-7-8-23-55(46)56/h1-43H. The van der Waals surface area contributed by atoms with E-state index in [1.165, 1.54) is 66.4 Å². The van der Waals surface area contributed by atoms with E-state index in [1.54, 1.807) is 0 Å². The lowest BCUT2D eigenvalue weighted by molar-refractivity contribution is 0.669. The summed E-state index contributed by atoms with van der Waals surface area (Å²) in [5.41, 5.74) is 19.3. The van der Waals surface area contributed by atoms with Crippen LogP contribution in [0.25, 0.3) is 77.2 Å². The van der Waals surface area contributed by atoms with Gasteiger partial charge in [0.05, 0.1) is 5.41 Å². The van der Waals surface area contributed by atoms with Crippen molar-refractivity contribution in [2.75, 3.05) is 4.90 Å². The van der Waals surface area contributed by atoms with Crippen LogP contribution in [0.5, 0.6) is 0 Å². The highest BCUT2D eigenvalue weighted by Gasteiger charge is 2.46. The largest absolute Gasteiger partial charge is 0.456 e. The molecule has 0 unspecified atom stereocenters. The first kappa shape index (κ1) is 38.7. The van der Waals surface area contributed by atoms with Gasteiger partial charge in [0, 0.05) is 33.9 Å². The van der Waals surface area contributed by atoms with Gasteiger partial charge in [0.2, 0.25) is 0 Å². The number of nitrogens with zero attached hydrogens (tertiary/aromatic N) is 1. The van der Waals surface area contributed by atoms with E-state index in [2.05, 4.69) is 254 Å². The molecule has 0 atom stereocenters. The smallest absolute Gasteiger partial charge is 0.137 e. The normalized spacial score (nSPS) is 12.6. The summed E-state index contributed by atoms with van der Waals surface area (Å²) in [5.74, 6) is 0. The van der Waals surface area contributed by atoms with Gasteiger partial charge in [0.1, 0.15) is 11.2 Å². The number of benzene rings is 11. The zero-order valence-electron chi connectivity index (χ0n) is 36.7. The van der Waals surface area contributed by atoms with Gasteiger partial charge in [0.15, 0.2) is 0 Å². The lowest BCUT2D eigenvalue weighted by Gasteiger charge is -2.34. The number of hydrogen-bond acceptors (Lipinski definition) is 2. The molecule has 1 aliphatic rings. The molecule has 1 heterocycles. The number of para-hydroxylation sites is 1. The molecule has 1 aromatic heterocycles. The van der Waals surface area contributed by atoms with Crippen LogP contribution in [0.2, 0.25) is 0 Å². The number of rotatable bonds is 8. The molecule has 0 saturated carbocycles. The van der Waals surface area contributed by atoms with E-state index in [4.69, 9.17) is 4.42 Å². The first-order valence-corrected chi connectivity index (χ1v) is 23.1. The average Bonchev–Trinajstić information content (AvgIpc) is 3.93. The fourth-order valence-electron chi connectivity index (χ4n) is 10.9. The molecule has 0 N–H and O–H groups in total. The molecule has 11 aromatic carbocycles. The van der Waals surface area contributed by atoms with Crippen LogP contribution in [0.15, 0.2) is 265 Å². The van der Waals surface area contributed by atoms with E-state index in [0.29, 0.717) is 0 Å². The van der Waals surface area contributed by atoms with Gasteiger partial charge in [-0.2, -0.15) is 0 Å². The minimum atomic E-state index is -0.458. The summed E-state index contributed by atoms with van der Waals surface area (Å²) in [6.07, 6.45) is 0. The quantitative estimate of drug-likeness (QED) is 0.151. The summed E-state index contributed by atoms with van der Waals surface area (Å²) in [7, 11) is 0. The Morgan fingerprint density at radius 2 is 0.806 bits per heavy atom. The molecule has 2 nitrogen and oxygen atoms in total. The summed E-state index contributed by atoms with van der Waals surface area (Å²) >= 11 is 0. The van der Waals surface area contributed by atoms with Gasteiger partial charge in [-0.25, -0.2) is 0 Å². The second-order valence-electron chi connectivity index (χ2n) is 17.6. The number of furan rings is 1. The Kier molecular flexibility index (Phi) is 9.11. The van der Waals surface area contributed by atoms with Crippen molar-refractivity contribution < 1.29 is 4.42 Å². The third kappa shape index (κ3) is 6.33. The third-order valence-electron chi connectivity index (χ3n) is 14.0. The van der Waals surface area contributed by atoms with E-state index < -0.39 is 5.41 Å². The molecule has 0 fully saturated rings. The molecular formula is C65H43NO. The first-order chi connectivity index (χ1) is 33.2. The molecule has 0 saturated heterocycles. The molecule has 67 heavy (non-hydrogen) atoms. The fourth-order valence-corrected chi connectivity index (χ4v) is 10.9. The molecule has 0 radical (unpaired) electrons. The molecule has 1 aliphatic carbocycles. The topological polar surface area (TPSA) is 16.4 Å². The zero-order valence-corrected chi connectivity index (χ0v) is 36.7. The van der Waals surface area contributed by atoms with Crippen molar-refractivity contribution in [2.24, 2.45) is 0 Å². The van der Waals surface area contributed by atoms with Crippen LogP contribution in [-0.4, -0.2) is 0 Å². The highest BCUT2D eigenvalue weighted by Crippen LogP contribution is 2.56. The van der Waals surface area contributed by atoms with Crippen molar-refractivity contribution in [3.63, 3.8) is 0 Å². The Balaban J connectivity index is 0.905. The Labute approximate surface area is 390 Å². The lowest BCUT2D eigenvalue weighted by atomic mass is 9.67. The SMILES string of the molecule is c1ccc(C2(c3ccccc3)c3ccccc3-c3ccc(-c4ccc(N(c5ccc(-c6cccc(-c7cccc8ccccc78)c6)cc5)c5ccc6c(c5)oc5ccccc56)cc4)cc32)cc1. The van der Waals surface area contributed by atoms with Crippen LogP contribution < -0.4 is 4.90 Å². The second-order valence-corrected chi connectivity index (χ2v) is 17.6. The molecule has 0 spiro atoms. The number of anilines is 3. The molecule has 13 rings (SSSR count). The molecule has 2 heteroatoms. The number of fused-ring (bicyclic) bond motifs is 7. The van der Waals surface area contributed by atoms with Gasteiger partial charge in [0.25, 0.3) is 0 Å². The zero-order chi connectivity index (χ0) is 44.3. The van der Waals surface area contributed by atoms with E-state index >= 15 is 0 Å². The maximum absolute atomic E-state index is 6.46. The van der Waals surface area contributed by atoms with E-state index in [9.17, 15) is 0 Å². The molecule has 0 amide bonds. The van der Waals surface area contributed by atoms with Gasteiger partial charge in [-0.15, -0.1) is 0 Å². The van der Waals surface area contributed by atoms with Crippen LogP contribution in [0.3, 0.4) is 0 Å². The molecule has 314 valence electrons. The van der Waals surface area contributed by atoms with Crippen LogP contribution >= 0.6 is 0 Å². The Morgan fingerprint density at radius 3 is 1.55 bits per heavy atom. The van der Waals surface area contributed by atoms with Crippen LogP contribution in [0.4, 0.5) is 17.1 Å². The summed E-state index contributed by atoms with van der Waals surface area (Å²) in [4.78, 5) is 2.34. The minimum absolute atomic E-state index is 0.458. The monoisotopic (exact) mass is 853 g/mol. The second kappa shape index (κ2) is 15.8. The van der Waals surface area contributed by atoms with Crippen LogP contribution in [0, 0.1) is 0 Å². The molecular weight excluding hydrogens is 811 g/mol. The molecule has 0 bridgehead atoms. The Hall–Kier alpha value is -8.72. The highest BCUT2D eigenvalue weighted by atomic mass is 16.3. The van der Waals surface area contributed by atoms with Crippen molar-refractivity contribution >= 4 is 49.8 Å². The third-order valence-corrected chi connectivity index (χ3v) is 14.0. The molecule has 0 aliphatic heterocycles. The van der Waals surface area contributed by atoms with Crippen molar-refractivity contribution in [3.05, 3.63) is 283 Å². The van der Waals surface area contributed by atoms with Crippen LogP contribution in [-0.2, 0) is 5.41 Å². The van der Waals surface area contributed by atoms with Crippen LogP contribution in [0.1, 0.15) is 22.3 Å². The van der Waals surface area contributed by atoms with Gasteiger partial charge in [-0.05, 0) is 132 Å². The highest BCUT2D eigenvalue weighted by molar-refractivity contribution is 6.06. The van der Waals surface area contributed by atoms with Gasteiger partial charge >= 0.3 is 0 Å². The summed E-state index contributed by atoms with van der Waals surface area (Å²) in [5, 5.41) is 4.73. The Morgan fingerprint density at radius 1 is 0.284 bits per heavy atom. The predicted octanol–water partition coefficient (Wildman–Crippen LogP) is 17.6. The van der Waals surface area contributed by atoms with E-state index in [1.807, 2.05) is 12.1 Å². The summed E-state index contributed by atoms with van der Waals surface area (Å²) in [6, 6.07) is 95.0. The van der Waals surface area contributed by atoms with Gasteiger partial charge in [-0.1, -0.05) is 200 Å². The van der Waals surface area contributed by atoms with Gasteiger partial charge < -0.3 is 9.32 Å².